The predicted octanol–water partition coefficient (Wildman–Crippen LogP) is 0.479. The summed E-state index contributed by atoms with van der Waals surface area (Å²) >= 11 is 0. The third-order valence-corrected chi connectivity index (χ3v) is 3.70. The lowest BCUT2D eigenvalue weighted by Gasteiger charge is -2.01. The molecule has 0 fully saturated rings. The quantitative estimate of drug-likeness (QED) is 0.708. The number of fused-ring (bicyclic) bond motifs is 1. The molecule has 0 unspecified atom stereocenters. The molecule has 1 heterocycles. The van der Waals surface area contributed by atoms with E-state index in [0.29, 0.717) is 11.1 Å². The molecule has 0 radical (unpaired) electrons. The molecule has 2 rings (SSSR count). The maximum atomic E-state index is 11.5. The smallest absolute Gasteiger partial charge is 0.200 e. The molecule has 0 bridgehead atoms. The highest BCUT2D eigenvalue weighted by atomic mass is 32.2. The van der Waals surface area contributed by atoms with Gasteiger partial charge in [-0.25, -0.2) is 8.42 Å². The van der Waals surface area contributed by atoms with E-state index < -0.39 is 9.84 Å². The summed E-state index contributed by atoms with van der Waals surface area (Å²) in [4.78, 5) is 0.218. The molecule has 0 amide bonds. The summed E-state index contributed by atoms with van der Waals surface area (Å²) in [5, 5.41) is 10.4. The van der Waals surface area contributed by atoms with Crippen LogP contribution in [0.4, 0.5) is 0 Å². The Bertz CT molecular complexity index is 517. The molecule has 3 N–H and O–H groups in total. The second-order valence-electron chi connectivity index (χ2n) is 3.07. The summed E-state index contributed by atoms with van der Waals surface area (Å²) in [5.41, 5.74) is 6.45. The number of aromatic hydroxyl groups is 1. The summed E-state index contributed by atoms with van der Waals surface area (Å²) in [6.45, 7) is 0.148. The van der Waals surface area contributed by atoms with Crippen LogP contribution in [0.1, 0.15) is 5.56 Å². The van der Waals surface area contributed by atoms with E-state index in [4.69, 9.17) is 5.73 Å². The summed E-state index contributed by atoms with van der Waals surface area (Å²) < 4.78 is 23.0. The number of benzene rings is 1. The van der Waals surface area contributed by atoms with Crippen molar-refractivity contribution in [2.45, 2.75) is 4.90 Å². The standard InChI is InChI=1S/C9H9NO3S/c10-4-6-5-14(12,13)9-2-1-7(11)3-8(6)9/h1-3,5,11H,4,10H2. The van der Waals surface area contributed by atoms with Crippen LogP contribution < -0.4 is 5.73 Å². The van der Waals surface area contributed by atoms with Gasteiger partial charge in [-0.1, -0.05) is 0 Å². The Morgan fingerprint density at radius 1 is 1.36 bits per heavy atom. The SMILES string of the molecule is NCC1=CS(=O)(=O)c2ccc(O)cc21. The Balaban J connectivity index is 2.75. The van der Waals surface area contributed by atoms with Gasteiger partial charge in [0.25, 0.3) is 0 Å². The molecule has 74 valence electrons. The second-order valence-corrected chi connectivity index (χ2v) is 4.84. The highest BCUT2D eigenvalue weighted by molar-refractivity contribution is 7.95. The number of sulfone groups is 1. The van der Waals surface area contributed by atoms with Gasteiger partial charge < -0.3 is 10.8 Å². The minimum Gasteiger partial charge on any atom is -0.508 e. The van der Waals surface area contributed by atoms with Gasteiger partial charge in [-0.3, -0.25) is 0 Å². The molecule has 14 heavy (non-hydrogen) atoms. The first-order valence-corrected chi connectivity index (χ1v) is 5.58. The molecular weight excluding hydrogens is 202 g/mol. The molecule has 0 saturated heterocycles. The summed E-state index contributed by atoms with van der Waals surface area (Å²) in [5.74, 6) is 0.0419. The van der Waals surface area contributed by atoms with Crippen molar-refractivity contribution in [2.75, 3.05) is 6.54 Å². The minimum absolute atomic E-state index is 0.0419. The van der Waals surface area contributed by atoms with E-state index in [1.54, 1.807) is 0 Å². The third-order valence-electron chi connectivity index (χ3n) is 2.13. The zero-order valence-electron chi connectivity index (χ0n) is 7.27. The lowest BCUT2D eigenvalue weighted by molar-refractivity contribution is 0.474. The lowest BCUT2D eigenvalue weighted by Crippen LogP contribution is -2.00. The molecule has 0 saturated carbocycles. The molecular formula is C9H9NO3S. The van der Waals surface area contributed by atoms with Gasteiger partial charge in [-0.05, 0) is 23.8 Å². The molecule has 1 aliphatic rings. The molecule has 0 aromatic heterocycles. The topological polar surface area (TPSA) is 80.4 Å². The number of nitrogens with two attached hydrogens (primary N) is 1. The third kappa shape index (κ3) is 1.21. The Labute approximate surface area is 81.6 Å². The largest absolute Gasteiger partial charge is 0.508 e. The number of hydrogen-bond donors (Lipinski definition) is 2. The lowest BCUT2D eigenvalue weighted by atomic mass is 10.1. The van der Waals surface area contributed by atoms with Crippen molar-refractivity contribution in [2.24, 2.45) is 5.73 Å². The fourth-order valence-electron chi connectivity index (χ4n) is 1.49. The molecule has 1 aromatic carbocycles. The van der Waals surface area contributed by atoms with E-state index in [2.05, 4.69) is 0 Å². The van der Waals surface area contributed by atoms with Crippen LogP contribution in [0.3, 0.4) is 0 Å². The molecule has 1 aromatic rings. The van der Waals surface area contributed by atoms with Crippen LogP contribution in [0.25, 0.3) is 5.57 Å². The predicted molar refractivity (Wildman–Crippen MR) is 52.3 cm³/mol. The van der Waals surface area contributed by atoms with E-state index in [0.717, 1.165) is 5.41 Å². The zero-order valence-corrected chi connectivity index (χ0v) is 8.08. The van der Waals surface area contributed by atoms with E-state index in [1.807, 2.05) is 0 Å². The van der Waals surface area contributed by atoms with Gasteiger partial charge in [-0.2, -0.15) is 0 Å². The van der Waals surface area contributed by atoms with Crippen LogP contribution in [0, 0.1) is 0 Å². The van der Waals surface area contributed by atoms with Gasteiger partial charge in [-0.15, -0.1) is 0 Å². The van der Waals surface area contributed by atoms with Crippen molar-refractivity contribution in [3.05, 3.63) is 29.2 Å². The molecule has 0 aliphatic carbocycles. The Kier molecular flexibility index (Phi) is 1.87. The van der Waals surface area contributed by atoms with E-state index in [1.165, 1.54) is 18.2 Å². The van der Waals surface area contributed by atoms with E-state index >= 15 is 0 Å². The maximum absolute atomic E-state index is 11.5. The molecule has 4 nitrogen and oxygen atoms in total. The summed E-state index contributed by atoms with van der Waals surface area (Å²) in [6, 6.07) is 4.15. The van der Waals surface area contributed by atoms with Crippen molar-refractivity contribution in [3.8, 4) is 5.75 Å². The van der Waals surface area contributed by atoms with E-state index in [9.17, 15) is 13.5 Å². The van der Waals surface area contributed by atoms with Crippen LogP contribution in [0.5, 0.6) is 5.75 Å². The zero-order chi connectivity index (χ0) is 10.3. The van der Waals surface area contributed by atoms with Crippen LogP contribution in [0.2, 0.25) is 0 Å². The van der Waals surface area contributed by atoms with Gasteiger partial charge in [0.2, 0.25) is 9.84 Å². The second kappa shape index (κ2) is 2.83. The van der Waals surface area contributed by atoms with Crippen LogP contribution >= 0.6 is 0 Å². The average Bonchev–Trinajstić information content (AvgIpc) is 2.37. The van der Waals surface area contributed by atoms with Gasteiger partial charge >= 0.3 is 0 Å². The van der Waals surface area contributed by atoms with E-state index in [-0.39, 0.29) is 17.2 Å². The Hall–Kier alpha value is -1.33. The van der Waals surface area contributed by atoms with Crippen LogP contribution in [-0.4, -0.2) is 20.1 Å². The van der Waals surface area contributed by atoms with Gasteiger partial charge in [0.15, 0.2) is 0 Å². The van der Waals surface area contributed by atoms with Crippen LogP contribution in [-0.2, 0) is 9.84 Å². The van der Waals surface area contributed by atoms with Gasteiger partial charge in [0, 0.05) is 17.5 Å². The van der Waals surface area contributed by atoms with Crippen molar-refractivity contribution < 1.29 is 13.5 Å². The number of hydrogen-bond acceptors (Lipinski definition) is 4. The van der Waals surface area contributed by atoms with Crippen molar-refractivity contribution in [3.63, 3.8) is 0 Å². The number of phenols is 1. The van der Waals surface area contributed by atoms with Crippen molar-refractivity contribution in [1.29, 1.82) is 0 Å². The highest BCUT2D eigenvalue weighted by Gasteiger charge is 2.26. The number of rotatable bonds is 1. The highest BCUT2D eigenvalue weighted by Crippen LogP contribution is 2.34. The summed E-state index contributed by atoms with van der Waals surface area (Å²) in [6.07, 6.45) is 0. The fraction of sp³-hybridized carbons (Fsp3) is 0.111. The van der Waals surface area contributed by atoms with Crippen molar-refractivity contribution in [1.82, 2.24) is 0 Å². The van der Waals surface area contributed by atoms with Gasteiger partial charge in [0.05, 0.1) is 4.90 Å². The molecule has 0 atom stereocenters. The number of phenolic OH excluding ortho intramolecular Hbond substituents is 1. The van der Waals surface area contributed by atoms with Crippen molar-refractivity contribution >= 4 is 15.4 Å². The fourth-order valence-corrected chi connectivity index (χ4v) is 2.97. The monoisotopic (exact) mass is 211 g/mol. The first-order chi connectivity index (χ1) is 6.54. The Morgan fingerprint density at radius 3 is 2.71 bits per heavy atom. The van der Waals surface area contributed by atoms with Gasteiger partial charge in [0.1, 0.15) is 5.75 Å². The average molecular weight is 211 g/mol. The maximum Gasteiger partial charge on any atom is 0.200 e. The Morgan fingerprint density at radius 2 is 2.07 bits per heavy atom. The molecule has 1 aliphatic heterocycles. The normalized spacial score (nSPS) is 17.6. The molecule has 5 heteroatoms. The molecule has 0 spiro atoms. The van der Waals surface area contributed by atoms with Crippen LogP contribution in [0.15, 0.2) is 28.5 Å². The summed E-state index contributed by atoms with van der Waals surface area (Å²) in [7, 11) is -3.34. The first kappa shape index (κ1) is 9.23. The minimum atomic E-state index is -3.34. The first-order valence-electron chi connectivity index (χ1n) is 4.04.